The Balaban J connectivity index is 2.38. The number of hydrogen-bond donors (Lipinski definition) is 1. The number of carbonyl (C=O) groups excluding carboxylic acids is 2. The van der Waals surface area contributed by atoms with E-state index in [1.54, 1.807) is 0 Å². The predicted octanol–water partition coefficient (Wildman–Crippen LogP) is 1.36. The van der Waals surface area contributed by atoms with Gasteiger partial charge in [-0.15, -0.1) is 0 Å². The summed E-state index contributed by atoms with van der Waals surface area (Å²) in [6.07, 6.45) is 2.27. The molecule has 80 valence electrons. The summed E-state index contributed by atoms with van der Waals surface area (Å²) in [7, 11) is 0. The van der Waals surface area contributed by atoms with Gasteiger partial charge in [0.25, 0.3) is 5.91 Å². The second-order valence-electron chi connectivity index (χ2n) is 4.26. The van der Waals surface area contributed by atoms with Crippen molar-refractivity contribution in [3.8, 4) is 0 Å². The van der Waals surface area contributed by atoms with Crippen molar-refractivity contribution >= 4 is 11.7 Å². The number of ketones is 1. The van der Waals surface area contributed by atoms with Gasteiger partial charge in [-0.05, 0) is 26.7 Å². The number of rotatable bonds is 2. The average molecular weight is 201 g/mol. The number of alkyl halides is 1. The summed E-state index contributed by atoms with van der Waals surface area (Å²) < 4.78 is 13.1. The van der Waals surface area contributed by atoms with Gasteiger partial charge in [-0.2, -0.15) is 0 Å². The third-order valence-corrected chi connectivity index (χ3v) is 2.42. The first kappa shape index (κ1) is 11.1. The van der Waals surface area contributed by atoms with Crippen molar-refractivity contribution in [3.05, 3.63) is 0 Å². The highest BCUT2D eigenvalue weighted by Gasteiger charge is 2.29. The van der Waals surface area contributed by atoms with Gasteiger partial charge >= 0.3 is 0 Å². The van der Waals surface area contributed by atoms with E-state index < -0.39 is 11.6 Å². The van der Waals surface area contributed by atoms with Gasteiger partial charge in [-0.3, -0.25) is 9.59 Å². The van der Waals surface area contributed by atoms with E-state index in [0.717, 1.165) is 0 Å². The molecule has 0 atom stereocenters. The van der Waals surface area contributed by atoms with E-state index in [0.29, 0.717) is 25.7 Å². The molecule has 0 aliphatic heterocycles. The van der Waals surface area contributed by atoms with Crippen molar-refractivity contribution in [1.29, 1.82) is 0 Å². The Morgan fingerprint density at radius 3 is 2.36 bits per heavy atom. The minimum absolute atomic E-state index is 0.0322. The molecule has 3 nitrogen and oxygen atoms in total. The summed E-state index contributed by atoms with van der Waals surface area (Å²) in [5.74, 6) is -0.355. The van der Waals surface area contributed by atoms with E-state index in [-0.39, 0.29) is 11.8 Å². The first-order chi connectivity index (χ1) is 6.39. The topological polar surface area (TPSA) is 46.2 Å². The fraction of sp³-hybridized carbons (Fsp3) is 0.800. The second-order valence-corrected chi connectivity index (χ2v) is 4.26. The van der Waals surface area contributed by atoms with Crippen LogP contribution in [0.4, 0.5) is 4.39 Å². The number of Topliss-reactive ketones (excluding diaryl/α,β-unsaturated/α-hetero) is 1. The summed E-state index contributed by atoms with van der Waals surface area (Å²) in [5.41, 5.74) is -1.83. The fourth-order valence-electron chi connectivity index (χ4n) is 1.44. The molecule has 14 heavy (non-hydrogen) atoms. The quantitative estimate of drug-likeness (QED) is 0.733. The molecule has 0 heterocycles. The minimum atomic E-state index is -1.83. The maximum Gasteiger partial charge on any atom is 0.257 e. The number of carbonyl (C=O) groups is 2. The van der Waals surface area contributed by atoms with Gasteiger partial charge in [-0.25, -0.2) is 4.39 Å². The van der Waals surface area contributed by atoms with E-state index >= 15 is 0 Å². The summed E-state index contributed by atoms with van der Waals surface area (Å²) in [5, 5.41) is 2.61. The lowest BCUT2D eigenvalue weighted by atomic mass is 9.94. The Bertz CT molecular complexity index is 235. The third kappa shape index (κ3) is 3.09. The molecule has 1 fully saturated rings. The van der Waals surface area contributed by atoms with Crippen LogP contribution in [0, 0.1) is 0 Å². The largest absolute Gasteiger partial charge is 0.351 e. The molecule has 0 saturated heterocycles. The smallest absolute Gasteiger partial charge is 0.257 e. The second kappa shape index (κ2) is 4.07. The van der Waals surface area contributed by atoms with Gasteiger partial charge in [-0.1, -0.05) is 0 Å². The van der Waals surface area contributed by atoms with Crippen molar-refractivity contribution in [3.63, 3.8) is 0 Å². The third-order valence-electron chi connectivity index (χ3n) is 2.42. The molecular formula is C10H16FNO2. The molecule has 1 rings (SSSR count). The average Bonchev–Trinajstić information content (AvgIpc) is 2.07. The van der Waals surface area contributed by atoms with Crippen molar-refractivity contribution in [2.75, 3.05) is 0 Å². The SMILES string of the molecule is CC(C)(F)C(=O)NC1CCC(=O)CC1. The van der Waals surface area contributed by atoms with E-state index in [1.165, 1.54) is 13.8 Å². The molecule has 1 N–H and O–H groups in total. The number of nitrogens with one attached hydrogen (secondary N) is 1. The molecule has 1 amide bonds. The molecule has 0 radical (unpaired) electrons. The summed E-state index contributed by atoms with van der Waals surface area (Å²) >= 11 is 0. The lowest BCUT2D eigenvalue weighted by molar-refractivity contribution is -0.132. The number of amides is 1. The Hall–Kier alpha value is -0.930. The van der Waals surface area contributed by atoms with Crippen LogP contribution in [-0.2, 0) is 9.59 Å². The molecular weight excluding hydrogens is 185 g/mol. The van der Waals surface area contributed by atoms with Crippen LogP contribution in [0.25, 0.3) is 0 Å². The standard InChI is InChI=1S/C10H16FNO2/c1-10(2,11)9(14)12-7-3-5-8(13)6-4-7/h7H,3-6H2,1-2H3,(H,12,14). The van der Waals surface area contributed by atoms with Crippen LogP contribution >= 0.6 is 0 Å². The molecule has 0 unspecified atom stereocenters. The van der Waals surface area contributed by atoms with E-state index in [4.69, 9.17) is 0 Å². The highest BCUT2D eigenvalue weighted by molar-refractivity contribution is 5.85. The monoisotopic (exact) mass is 201 g/mol. The van der Waals surface area contributed by atoms with Crippen LogP contribution in [0.5, 0.6) is 0 Å². The lowest BCUT2D eigenvalue weighted by Crippen LogP contribution is -2.45. The zero-order valence-corrected chi connectivity index (χ0v) is 8.60. The highest BCUT2D eigenvalue weighted by Crippen LogP contribution is 2.16. The van der Waals surface area contributed by atoms with Crippen molar-refractivity contribution < 1.29 is 14.0 Å². The van der Waals surface area contributed by atoms with Crippen molar-refractivity contribution in [1.82, 2.24) is 5.32 Å². The van der Waals surface area contributed by atoms with Crippen molar-refractivity contribution in [2.45, 2.75) is 51.2 Å². The molecule has 1 aliphatic carbocycles. The molecule has 4 heteroatoms. The normalized spacial score (nSPS) is 19.5. The van der Waals surface area contributed by atoms with E-state index in [1.807, 2.05) is 0 Å². The van der Waals surface area contributed by atoms with Crippen LogP contribution in [0.2, 0.25) is 0 Å². The van der Waals surface area contributed by atoms with Crippen LogP contribution in [0.1, 0.15) is 39.5 Å². The molecule has 0 bridgehead atoms. The Morgan fingerprint density at radius 1 is 1.43 bits per heavy atom. The molecule has 0 aromatic heterocycles. The lowest BCUT2D eigenvalue weighted by Gasteiger charge is -2.24. The Morgan fingerprint density at radius 2 is 1.93 bits per heavy atom. The first-order valence-corrected chi connectivity index (χ1v) is 4.91. The van der Waals surface area contributed by atoms with Gasteiger partial charge < -0.3 is 5.32 Å². The maximum absolute atomic E-state index is 13.1. The number of halogens is 1. The molecule has 0 aromatic rings. The van der Waals surface area contributed by atoms with Gasteiger partial charge in [0.05, 0.1) is 0 Å². The summed E-state index contributed by atoms with van der Waals surface area (Å²) in [6, 6.07) is -0.0322. The van der Waals surface area contributed by atoms with Gasteiger partial charge in [0, 0.05) is 18.9 Å². The zero-order chi connectivity index (χ0) is 10.8. The fourth-order valence-corrected chi connectivity index (χ4v) is 1.44. The van der Waals surface area contributed by atoms with Crippen LogP contribution in [0.15, 0.2) is 0 Å². The van der Waals surface area contributed by atoms with Gasteiger partial charge in [0.1, 0.15) is 5.78 Å². The predicted molar refractivity (Wildman–Crippen MR) is 50.6 cm³/mol. The van der Waals surface area contributed by atoms with Crippen LogP contribution < -0.4 is 5.32 Å². The highest BCUT2D eigenvalue weighted by atomic mass is 19.1. The summed E-state index contributed by atoms with van der Waals surface area (Å²) in [4.78, 5) is 22.1. The van der Waals surface area contributed by atoms with Crippen LogP contribution in [0.3, 0.4) is 0 Å². The maximum atomic E-state index is 13.1. The van der Waals surface area contributed by atoms with Crippen molar-refractivity contribution in [2.24, 2.45) is 0 Å². The molecule has 1 saturated carbocycles. The molecule has 0 spiro atoms. The summed E-state index contributed by atoms with van der Waals surface area (Å²) in [6.45, 7) is 2.46. The van der Waals surface area contributed by atoms with Gasteiger partial charge in [0.2, 0.25) is 0 Å². The first-order valence-electron chi connectivity index (χ1n) is 4.91. The zero-order valence-electron chi connectivity index (χ0n) is 8.60. The minimum Gasteiger partial charge on any atom is -0.351 e. The van der Waals surface area contributed by atoms with Crippen LogP contribution in [-0.4, -0.2) is 23.4 Å². The molecule has 1 aliphatic rings. The van der Waals surface area contributed by atoms with E-state index in [9.17, 15) is 14.0 Å². The Labute approximate surface area is 83.1 Å². The Kier molecular flexibility index (Phi) is 3.24. The van der Waals surface area contributed by atoms with E-state index in [2.05, 4.69) is 5.32 Å². The van der Waals surface area contributed by atoms with Gasteiger partial charge in [0.15, 0.2) is 5.67 Å². The molecule has 0 aromatic carbocycles. The number of hydrogen-bond acceptors (Lipinski definition) is 2.